The number of carbonyl (C=O) groups is 2. The number of nitrogens with one attached hydrogen (secondary N) is 2. The Balaban J connectivity index is 1.58. The van der Waals surface area contributed by atoms with Crippen molar-refractivity contribution >= 4 is 33.2 Å². The third-order valence-corrected chi connectivity index (χ3v) is 6.94. The van der Waals surface area contributed by atoms with Crippen LogP contribution in [-0.4, -0.2) is 75.9 Å². The molecule has 0 aromatic heterocycles. The average molecular weight is 479 g/mol. The topological polar surface area (TPSA) is 108 Å². The molecule has 11 heteroatoms. The fourth-order valence-electron chi connectivity index (χ4n) is 3.30. The zero-order valence-corrected chi connectivity index (χ0v) is 19.3. The van der Waals surface area contributed by atoms with Gasteiger partial charge in [-0.2, -0.15) is 4.31 Å². The van der Waals surface area contributed by atoms with E-state index in [4.69, 9.17) is 4.74 Å². The molecule has 0 unspecified atom stereocenters. The van der Waals surface area contributed by atoms with Gasteiger partial charge in [-0.25, -0.2) is 12.8 Å². The van der Waals surface area contributed by atoms with Crippen LogP contribution in [0.4, 0.5) is 15.8 Å². The van der Waals surface area contributed by atoms with Gasteiger partial charge in [-0.15, -0.1) is 0 Å². The number of anilines is 2. The van der Waals surface area contributed by atoms with E-state index in [0.717, 1.165) is 0 Å². The van der Waals surface area contributed by atoms with Gasteiger partial charge in [-0.3, -0.25) is 14.5 Å². The van der Waals surface area contributed by atoms with E-state index in [9.17, 15) is 22.4 Å². The number of amides is 2. The van der Waals surface area contributed by atoms with Crippen LogP contribution in [0.15, 0.2) is 47.4 Å². The Bertz CT molecular complexity index is 1100. The van der Waals surface area contributed by atoms with Crippen molar-refractivity contribution in [1.29, 1.82) is 0 Å². The van der Waals surface area contributed by atoms with Crippen molar-refractivity contribution in [2.75, 3.05) is 57.1 Å². The summed E-state index contributed by atoms with van der Waals surface area (Å²) < 4.78 is 45.3. The molecule has 178 valence electrons. The van der Waals surface area contributed by atoms with Crippen LogP contribution in [0.3, 0.4) is 0 Å². The highest BCUT2D eigenvalue weighted by Crippen LogP contribution is 2.23. The first-order valence-corrected chi connectivity index (χ1v) is 11.8. The summed E-state index contributed by atoms with van der Waals surface area (Å²) in [6.45, 7) is 2.86. The maximum Gasteiger partial charge on any atom is 0.243 e. The number of morpholine rings is 1. The standard InChI is InChI=1S/C22H27FN4O5S/c1-16-3-8-19(33(30,31)27-9-11-32-12-10-27)13-20(16)25-22(29)15-26(2)14-21(28)24-18-6-4-17(23)5-7-18/h3-8,13H,9-12,14-15H2,1-2H3,(H,24,28)(H,25,29). The minimum atomic E-state index is -3.69. The lowest BCUT2D eigenvalue weighted by atomic mass is 10.2. The molecule has 9 nitrogen and oxygen atoms in total. The minimum Gasteiger partial charge on any atom is -0.379 e. The van der Waals surface area contributed by atoms with E-state index in [-0.39, 0.29) is 37.0 Å². The number of hydrogen-bond donors (Lipinski definition) is 2. The minimum absolute atomic E-state index is 0.0603. The van der Waals surface area contributed by atoms with E-state index >= 15 is 0 Å². The van der Waals surface area contributed by atoms with E-state index in [0.29, 0.717) is 30.2 Å². The molecule has 3 rings (SSSR count). The van der Waals surface area contributed by atoms with Gasteiger partial charge in [-0.05, 0) is 55.9 Å². The summed E-state index contributed by atoms with van der Waals surface area (Å²) in [7, 11) is -2.09. The molecule has 0 atom stereocenters. The molecule has 0 bridgehead atoms. The molecule has 0 spiro atoms. The van der Waals surface area contributed by atoms with Crippen LogP contribution in [0.1, 0.15) is 5.56 Å². The van der Waals surface area contributed by atoms with Gasteiger partial charge in [0.1, 0.15) is 5.82 Å². The quantitative estimate of drug-likeness (QED) is 0.598. The smallest absolute Gasteiger partial charge is 0.243 e. The number of benzene rings is 2. The van der Waals surface area contributed by atoms with Crippen molar-refractivity contribution in [2.45, 2.75) is 11.8 Å². The normalized spacial score (nSPS) is 14.8. The fraction of sp³-hybridized carbons (Fsp3) is 0.364. The summed E-state index contributed by atoms with van der Waals surface area (Å²) in [6.07, 6.45) is 0. The van der Waals surface area contributed by atoms with Crippen molar-refractivity contribution in [2.24, 2.45) is 0 Å². The maximum absolute atomic E-state index is 13.0. The van der Waals surface area contributed by atoms with E-state index in [2.05, 4.69) is 10.6 Å². The Morgan fingerprint density at radius 1 is 1.03 bits per heavy atom. The summed E-state index contributed by atoms with van der Waals surface area (Å²) in [5.74, 6) is -1.15. The van der Waals surface area contributed by atoms with Gasteiger partial charge in [0.25, 0.3) is 0 Å². The lowest BCUT2D eigenvalue weighted by Crippen LogP contribution is -2.40. The van der Waals surface area contributed by atoms with Crippen LogP contribution < -0.4 is 10.6 Å². The van der Waals surface area contributed by atoms with Crippen molar-refractivity contribution in [3.8, 4) is 0 Å². The van der Waals surface area contributed by atoms with Gasteiger partial charge in [-0.1, -0.05) is 6.07 Å². The second-order valence-electron chi connectivity index (χ2n) is 7.77. The van der Waals surface area contributed by atoms with Gasteiger partial charge in [0.15, 0.2) is 0 Å². The highest BCUT2D eigenvalue weighted by Gasteiger charge is 2.27. The molecule has 2 N–H and O–H groups in total. The first-order chi connectivity index (χ1) is 15.6. The molecule has 2 aromatic rings. The second kappa shape index (κ2) is 10.8. The number of nitrogens with zero attached hydrogens (tertiary/aromatic N) is 2. The second-order valence-corrected chi connectivity index (χ2v) is 9.71. The molecule has 1 aliphatic heterocycles. The molecule has 1 heterocycles. The molecule has 1 fully saturated rings. The van der Waals surface area contributed by atoms with Crippen molar-refractivity contribution in [1.82, 2.24) is 9.21 Å². The molecule has 0 radical (unpaired) electrons. The fourth-order valence-corrected chi connectivity index (χ4v) is 4.74. The zero-order chi connectivity index (χ0) is 24.0. The van der Waals surface area contributed by atoms with Crippen LogP contribution in [0.5, 0.6) is 0 Å². The van der Waals surface area contributed by atoms with Gasteiger partial charge >= 0.3 is 0 Å². The number of aryl methyl sites for hydroxylation is 1. The Labute approximate surface area is 192 Å². The average Bonchev–Trinajstić information content (AvgIpc) is 2.77. The molecular formula is C22H27FN4O5S. The summed E-state index contributed by atoms with van der Waals surface area (Å²) in [5, 5.41) is 5.35. The van der Waals surface area contributed by atoms with Gasteiger partial charge < -0.3 is 15.4 Å². The first kappa shape index (κ1) is 24.8. The molecule has 0 aliphatic carbocycles. The van der Waals surface area contributed by atoms with Gasteiger partial charge in [0.05, 0.1) is 31.2 Å². The highest BCUT2D eigenvalue weighted by molar-refractivity contribution is 7.89. The molecule has 1 saturated heterocycles. The third kappa shape index (κ3) is 6.81. The largest absolute Gasteiger partial charge is 0.379 e. The number of likely N-dealkylation sites (N-methyl/N-ethyl adjacent to an activating group) is 1. The van der Waals surface area contributed by atoms with E-state index < -0.39 is 21.7 Å². The van der Waals surface area contributed by atoms with Crippen molar-refractivity contribution in [3.63, 3.8) is 0 Å². The molecule has 33 heavy (non-hydrogen) atoms. The SMILES string of the molecule is Cc1ccc(S(=O)(=O)N2CCOCC2)cc1NC(=O)CN(C)CC(=O)Nc1ccc(F)cc1. The summed E-state index contributed by atoms with van der Waals surface area (Å²) in [5.41, 5.74) is 1.55. The Hall–Kier alpha value is -2.86. The number of carbonyl (C=O) groups excluding carboxylic acids is 2. The van der Waals surface area contributed by atoms with Crippen LogP contribution in [0.25, 0.3) is 0 Å². The zero-order valence-electron chi connectivity index (χ0n) is 18.5. The lowest BCUT2D eigenvalue weighted by Gasteiger charge is -2.26. The number of sulfonamides is 1. The summed E-state index contributed by atoms with van der Waals surface area (Å²) >= 11 is 0. The third-order valence-electron chi connectivity index (χ3n) is 5.05. The highest BCUT2D eigenvalue weighted by atomic mass is 32.2. The predicted octanol–water partition coefficient (Wildman–Crippen LogP) is 1.66. The monoisotopic (exact) mass is 478 g/mol. The van der Waals surface area contributed by atoms with Gasteiger partial charge in [0.2, 0.25) is 21.8 Å². The molecule has 2 aromatic carbocycles. The first-order valence-electron chi connectivity index (χ1n) is 10.4. The van der Waals surface area contributed by atoms with Crippen molar-refractivity contribution in [3.05, 3.63) is 53.8 Å². The molecule has 0 saturated carbocycles. The number of rotatable bonds is 8. The van der Waals surface area contributed by atoms with Crippen LogP contribution in [-0.2, 0) is 24.3 Å². The lowest BCUT2D eigenvalue weighted by molar-refractivity contribution is -0.119. The summed E-state index contributed by atoms with van der Waals surface area (Å²) in [4.78, 5) is 26.3. The number of hydrogen-bond acceptors (Lipinski definition) is 6. The summed E-state index contributed by atoms with van der Waals surface area (Å²) in [6, 6.07) is 9.97. The van der Waals surface area contributed by atoms with Crippen LogP contribution in [0.2, 0.25) is 0 Å². The van der Waals surface area contributed by atoms with Crippen LogP contribution in [0, 0.1) is 12.7 Å². The molecule has 1 aliphatic rings. The molecule has 2 amide bonds. The van der Waals surface area contributed by atoms with E-state index in [1.807, 2.05) is 0 Å². The Kier molecular flexibility index (Phi) is 8.14. The predicted molar refractivity (Wildman–Crippen MR) is 122 cm³/mol. The maximum atomic E-state index is 13.0. The van der Waals surface area contributed by atoms with Crippen molar-refractivity contribution < 1.29 is 27.1 Å². The van der Waals surface area contributed by atoms with E-state index in [1.165, 1.54) is 45.6 Å². The molecular weight excluding hydrogens is 451 g/mol. The number of halogens is 1. The Morgan fingerprint density at radius 3 is 2.27 bits per heavy atom. The van der Waals surface area contributed by atoms with Gasteiger partial charge in [0, 0.05) is 24.5 Å². The number of ether oxygens (including phenoxy) is 1. The Morgan fingerprint density at radius 2 is 1.64 bits per heavy atom. The van der Waals surface area contributed by atoms with E-state index in [1.54, 1.807) is 20.0 Å². The van der Waals surface area contributed by atoms with Crippen LogP contribution >= 0.6 is 0 Å².